The Kier molecular flexibility index (Phi) is 10.6. The van der Waals surface area contributed by atoms with Gasteiger partial charge in [-0.05, 0) is 42.9 Å². The molecule has 6 nitrogen and oxygen atoms in total. The molecule has 2 rings (SSSR count). The first-order valence-electron chi connectivity index (χ1n) is 8.81. The lowest BCUT2D eigenvalue weighted by atomic mass is 10.0. The summed E-state index contributed by atoms with van der Waals surface area (Å²) >= 11 is 1.74. The van der Waals surface area contributed by atoms with Crippen LogP contribution in [0, 0.1) is 17.8 Å². The van der Waals surface area contributed by atoms with Crippen LogP contribution in [0.15, 0.2) is 42.5 Å². The van der Waals surface area contributed by atoms with Crippen molar-refractivity contribution in [1.29, 1.82) is 0 Å². The minimum atomic E-state index is -1.82. The van der Waals surface area contributed by atoms with Gasteiger partial charge in [-0.2, -0.15) is 0 Å². The maximum Gasteiger partial charge on any atom is 0.414 e. The number of benzene rings is 1. The van der Waals surface area contributed by atoms with Crippen molar-refractivity contribution < 1.29 is 24.9 Å². The largest absolute Gasteiger partial charge is 0.473 e. The molecule has 1 unspecified atom stereocenters. The molecule has 2 aromatic rings. The van der Waals surface area contributed by atoms with Crippen LogP contribution in [0.25, 0.3) is 0 Å². The number of thiophene rings is 1. The summed E-state index contributed by atoms with van der Waals surface area (Å²) < 4.78 is 0. The summed E-state index contributed by atoms with van der Waals surface area (Å²) in [6.45, 7) is 1.97. The van der Waals surface area contributed by atoms with E-state index in [0.717, 1.165) is 30.6 Å². The zero-order valence-electron chi connectivity index (χ0n) is 15.7. The van der Waals surface area contributed by atoms with Crippen molar-refractivity contribution in [3.8, 4) is 11.8 Å². The van der Waals surface area contributed by atoms with Crippen LogP contribution in [-0.4, -0.2) is 33.5 Å². The van der Waals surface area contributed by atoms with E-state index in [1.165, 1.54) is 10.4 Å². The minimum Gasteiger partial charge on any atom is -0.473 e. The lowest BCUT2D eigenvalue weighted by Crippen LogP contribution is -2.27. The molecule has 0 saturated carbocycles. The van der Waals surface area contributed by atoms with Crippen LogP contribution in [0.3, 0.4) is 0 Å². The average molecular weight is 404 g/mol. The number of hydrogen-bond donors (Lipinski definition) is 4. The van der Waals surface area contributed by atoms with Gasteiger partial charge in [0.25, 0.3) is 0 Å². The summed E-state index contributed by atoms with van der Waals surface area (Å²) in [6.07, 6.45) is 3.01. The van der Waals surface area contributed by atoms with Gasteiger partial charge in [0.05, 0.1) is 4.88 Å². The van der Waals surface area contributed by atoms with Crippen LogP contribution in [0.5, 0.6) is 0 Å². The SMILES string of the molecule is C[C@H](CCc1ccc(C#CCCc2ccccc2)s1)C(N)O.O=C(O)C(=O)O. The minimum absolute atomic E-state index is 0.127. The topological polar surface area (TPSA) is 121 Å². The number of aliphatic hydroxyl groups excluding tert-OH is 1. The lowest BCUT2D eigenvalue weighted by Gasteiger charge is -2.12. The van der Waals surface area contributed by atoms with Gasteiger partial charge in [0.15, 0.2) is 0 Å². The quantitative estimate of drug-likeness (QED) is 0.334. The summed E-state index contributed by atoms with van der Waals surface area (Å²) in [6, 6.07) is 14.6. The van der Waals surface area contributed by atoms with Crippen molar-refractivity contribution >= 4 is 23.3 Å². The fourth-order valence-electron chi connectivity index (χ4n) is 2.12. The van der Waals surface area contributed by atoms with Gasteiger partial charge in [0.2, 0.25) is 0 Å². The van der Waals surface area contributed by atoms with Gasteiger partial charge >= 0.3 is 11.9 Å². The number of nitrogens with two attached hydrogens (primary N) is 1. The van der Waals surface area contributed by atoms with E-state index >= 15 is 0 Å². The molecule has 0 saturated heterocycles. The molecule has 0 amide bonds. The Morgan fingerprint density at radius 2 is 1.71 bits per heavy atom. The highest BCUT2D eigenvalue weighted by atomic mass is 32.1. The van der Waals surface area contributed by atoms with Gasteiger partial charge in [-0.15, -0.1) is 11.3 Å². The van der Waals surface area contributed by atoms with E-state index < -0.39 is 18.2 Å². The third kappa shape index (κ3) is 9.88. The molecule has 7 heteroatoms. The van der Waals surface area contributed by atoms with Gasteiger partial charge in [0, 0.05) is 11.3 Å². The van der Waals surface area contributed by atoms with Crippen LogP contribution in [0.2, 0.25) is 0 Å². The van der Waals surface area contributed by atoms with E-state index in [2.05, 4.69) is 48.2 Å². The number of aryl methyl sites for hydroxylation is 2. The highest BCUT2D eigenvalue weighted by Gasteiger charge is 2.09. The average Bonchev–Trinajstić information content (AvgIpc) is 3.12. The number of carbonyl (C=O) groups is 2. The Balaban J connectivity index is 0.000000568. The second-order valence-electron chi connectivity index (χ2n) is 6.17. The first-order valence-corrected chi connectivity index (χ1v) is 9.62. The van der Waals surface area contributed by atoms with Crippen molar-refractivity contribution in [2.75, 3.05) is 0 Å². The number of hydrogen-bond acceptors (Lipinski definition) is 5. The predicted octanol–water partition coefficient (Wildman–Crippen LogP) is 2.73. The van der Waals surface area contributed by atoms with Crippen molar-refractivity contribution in [2.24, 2.45) is 11.7 Å². The normalized spacial score (nSPS) is 12.0. The van der Waals surface area contributed by atoms with Crippen LogP contribution in [-0.2, 0) is 22.4 Å². The zero-order valence-corrected chi connectivity index (χ0v) is 16.5. The van der Waals surface area contributed by atoms with Crippen LogP contribution < -0.4 is 5.73 Å². The summed E-state index contributed by atoms with van der Waals surface area (Å²) in [5, 5.41) is 24.1. The molecule has 0 fully saturated rings. The van der Waals surface area contributed by atoms with E-state index in [4.69, 9.17) is 25.5 Å². The maximum absolute atomic E-state index is 9.30. The van der Waals surface area contributed by atoms with E-state index in [1.54, 1.807) is 11.3 Å². The zero-order chi connectivity index (χ0) is 20.9. The third-order valence-corrected chi connectivity index (χ3v) is 4.93. The molecular weight excluding hydrogens is 378 g/mol. The van der Waals surface area contributed by atoms with Crippen molar-refractivity contribution in [2.45, 2.75) is 38.8 Å². The molecule has 0 bridgehead atoms. The summed E-state index contributed by atoms with van der Waals surface area (Å²) in [5.74, 6) is 2.97. The monoisotopic (exact) mass is 403 g/mol. The second-order valence-corrected chi connectivity index (χ2v) is 7.34. The molecule has 2 atom stereocenters. The van der Waals surface area contributed by atoms with E-state index in [1.807, 2.05) is 13.0 Å². The lowest BCUT2D eigenvalue weighted by molar-refractivity contribution is -0.159. The number of rotatable bonds is 6. The highest BCUT2D eigenvalue weighted by molar-refractivity contribution is 7.12. The first-order chi connectivity index (χ1) is 13.3. The van der Waals surface area contributed by atoms with Gasteiger partial charge in [-0.1, -0.05) is 49.1 Å². The van der Waals surface area contributed by atoms with Crippen molar-refractivity contribution in [1.82, 2.24) is 0 Å². The fourth-order valence-corrected chi connectivity index (χ4v) is 3.02. The van der Waals surface area contributed by atoms with E-state index in [0.29, 0.717) is 0 Å². The Labute approximate surface area is 168 Å². The molecule has 0 spiro atoms. The molecule has 5 N–H and O–H groups in total. The third-order valence-electron chi connectivity index (χ3n) is 3.87. The Morgan fingerprint density at radius 1 is 1.07 bits per heavy atom. The molecule has 0 radical (unpaired) electrons. The molecule has 1 aromatic heterocycles. The Bertz CT molecular complexity index is 793. The van der Waals surface area contributed by atoms with Crippen molar-refractivity contribution in [3.63, 3.8) is 0 Å². The molecule has 0 aliphatic carbocycles. The molecule has 0 aliphatic rings. The van der Waals surface area contributed by atoms with E-state index in [-0.39, 0.29) is 5.92 Å². The van der Waals surface area contributed by atoms with Gasteiger partial charge in [-0.25, -0.2) is 9.59 Å². The molecule has 28 heavy (non-hydrogen) atoms. The number of carboxylic acids is 2. The first kappa shape index (κ1) is 23.4. The van der Waals surface area contributed by atoms with Crippen molar-refractivity contribution in [3.05, 3.63) is 57.8 Å². The highest BCUT2D eigenvalue weighted by Crippen LogP contribution is 2.19. The standard InChI is InChI=1S/C19H23NOS.C2H2O4/c1-15(19(20)21)11-12-18-14-13-17(22-18)10-6-5-9-16-7-3-2-4-8-16;3-1(4)2(5)6/h2-4,7-8,13-15,19,21H,5,9,11-12,20H2,1H3;(H,3,4)(H,5,6)/t15-,19?;/m1./s1. The number of aliphatic carboxylic acids is 2. The summed E-state index contributed by atoms with van der Waals surface area (Å²) in [4.78, 5) is 20.6. The molecule has 150 valence electrons. The van der Waals surface area contributed by atoms with Crippen LogP contribution in [0.1, 0.15) is 35.1 Å². The number of aliphatic hydroxyl groups is 1. The second kappa shape index (κ2) is 12.7. The van der Waals surface area contributed by atoms with Crippen LogP contribution in [0.4, 0.5) is 0 Å². The maximum atomic E-state index is 9.30. The fraction of sp³-hybridized carbons (Fsp3) is 0.333. The molecule has 1 heterocycles. The predicted molar refractivity (Wildman–Crippen MR) is 109 cm³/mol. The Morgan fingerprint density at radius 3 is 2.29 bits per heavy atom. The summed E-state index contributed by atoms with van der Waals surface area (Å²) in [7, 11) is 0. The molecule has 0 aliphatic heterocycles. The van der Waals surface area contributed by atoms with Gasteiger partial charge < -0.3 is 21.1 Å². The summed E-state index contributed by atoms with van der Waals surface area (Å²) in [5.41, 5.74) is 6.80. The van der Waals surface area contributed by atoms with Gasteiger partial charge in [0.1, 0.15) is 6.23 Å². The van der Waals surface area contributed by atoms with E-state index in [9.17, 15) is 5.11 Å². The smallest absolute Gasteiger partial charge is 0.414 e. The molecule has 1 aromatic carbocycles. The van der Waals surface area contributed by atoms with Crippen LogP contribution >= 0.6 is 11.3 Å². The number of carboxylic acid groups (broad SMARTS) is 2. The molecular formula is C21H25NO5S. The Hall–Kier alpha value is -2.66. The van der Waals surface area contributed by atoms with Gasteiger partial charge in [-0.3, -0.25) is 0 Å².